The molecule has 1 saturated carbocycles. The highest BCUT2D eigenvalue weighted by Gasteiger charge is 2.24. The van der Waals surface area contributed by atoms with Crippen LogP contribution in [0.2, 0.25) is 0 Å². The Balaban J connectivity index is 1.84. The van der Waals surface area contributed by atoms with Crippen molar-refractivity contribution in [2.24, 2.45) is 11.8 Å². The number of carbonyl (C=O) groups excluding carboxylic acids is 1. The molecule has 21 heavy (non-hydrogen) atoms. The van der Waals surface area contributed by atoms with E-state index in [2.05, 4.69) is 5.32 Å². The average molecular weight is 310 g/mol. The van der Waals surface area contributed by atoms with Crippen molar-refractivity contribution in [2.75, 3.05) is 19.5 Å². The van der Waals surface area contributed by atoms with Crippen molar-refractivity contribution in [3.05, 3.63) is 29.8 Å². The van der Waals surface area contributed by atoms with E-state index < -0.39 is 0 Å². The molecular formula is C17H24ClNO2. The van der Waals surface area contributed by atoms with Crippen LogP contribution in [0.4, 0.5) is 0 Å². The fourth-order valence-corrected chi connectivity index (χ4v) is 3.49. The van der Waals surface area contributed by atoms with Crippen LogP contribution in [-0.4, -0.2) is 25.4 Å². The van der Waals surface area contributed by atoms with Gasteiger partial charge in [0.2, 0.25) is 5.91 Å². The molecule has 0 radical (unpaired) electrons. The van der Waals surface area contributed by atoms with Crippen LogP contribution in [0.1, 0.15) is 31.2 Å². The van der Waals surface area contributed by atoms with Gasteiger partial charge in [-0.25, -0.2) is 0 Å². The Morgan fingerprint density at radius 2 is 2.00 bits per heavy atom. The van der Waals surface area contributed by atoms with E-state index >= 15 is 0 Å². The largest absolute Gasteiger partial charge is 0.496 e. The fraction of sp³-hybridized carbons (Fsp3) is 0.588. The van der Waals surface area contributed by atoms with E-state index in [1.54, 1.807) is 7.11 Å². The first-order valence-corrected chi connectivity index (χ1v) is 8.22. The molecule has 0 aliphatic heterocycles. The van der Waals surface area contributed by atoms with Gasteiger partial charge >= 0.3 is 0 Å². The summed E-state index contributed by atoms with van der Waals surface area (Å²) in [5, 5.41) is 3.06. The van der Waals surface area contributed by atoms with E-state index in [4.69, 9.17) is 16.3 Å². The van der Waals surface area contributed by atoms with E-state index in [0.29, 0.717) is 24.1 Å². The van der Waals surface area contributed by atoms with E-state index in [0.717, 1.165) is 17.9 Å². The predicted octanol–water partition coefficient (Wildman–Crippen LogP) is 3.40. The summed E-state index contributed by atoms with van der Waals surface area (Å²) in [5.74, 6) is 2.60. The van der Waals surface area contributed by atoms with Gasteiger partial charge in [0.25, 0.3) is 0 Å². The van der Waals surface area contributed by atoms with Crippen LogP contribution in [0.25, 0.3) is 0 Å². The Morgan fingerprint density at radius 1 is 1.29 bits per heavy atom. The molecule has 1 aromatic carbocycles. The van der Waals surface area contributed by atoms with Gasteiger partial charge in [0.1, 0.15) is 5.75 Å². The average Bonchev–Trinajstić information content (AvgIpc) is 2.53. The van der Waals surface area contributed by atoms with Crippen molar-refractivity contribution in [2.45, 2.75) is 32.1 Å². The molecule has 1 aliphatic rings. The highest BCUT2D eigenvalue weighted by atomic mass is 35.5. The molecule has 1 aliphatic carbocycles. The Bertz CT molecular complexity index is 464. The molecule has 0 saturated heterocycles. The molecular weight excluding hydrogens is 286 g/mol. The zero-order valence-electron chi connectivity index (χ0n) is 12.6. The molecule has 4 heteroatoms. The summed E-state index contributed by atoms with van der Waals surface area (Å²) < 4.78 is 5.28. The van der Waals surface area contributed by atoms with E-state index in [-0.39, 0.29) is 5.91 Å². The Labute approximate surface area is 132 Å². The number of carbonyl (C=O) groups is 1. The van der Waals surface area contributed by atoms with Crippen molar-refractivity contribution < 1.29 is 9.53 Å². The van der Waals surface area contributed by atoms with Crippen molar-refractivity contribution in [1.82, 2.24) is 5.32 Å². The van der Waals surface area contributed by atoms with Crippen molar-refractivity contribution in [1.29, 1.82) is 0 Å². The van der Waals surface area contributed by atoms with Gasteiger partial charge in [-0.2, -0.15) is 0 Å². The minimum absolute atomic E-state index is 0.0541. The monoisotopic (exact) mass is 309 g/mol. The summed E-state index contributed by atoms with van der Waals surface area (Å²) in [6.45, 7) is 0.741. The number of rotatable bonds is 6. The number of amides is 1. The lowest BCUT2D eigenvalue weighted by atomic mass is 9.80. The number of methoxy groups -OCH3 is 1. The number of halogens is 1. The first-order valence-electron chi connectivity index (χ1n) is 7.69. The number of alkyl halides is 1. The molecule has 0 aromatic heterocycles. The third-order valence-corrected chi connectivity index (χ3v) is 4.77. The highest BCUT2D eigenvalue weighted by molar-refractivity contribution is 6.18. The second kappa shape index (κ2) is 8.28. The molecule has 1 amide bonds. The number of nitrogens with one attached hydrogen (secondary N) is 1. The standard InChI is InChI=1S/C17H24ClNO2/c1-21-16-9-5-4-6-13(16)10-17(20)19-12-15-8-3-2-7-14(15)11-18/h4-6,9,14-15H,2-3,7-8,10-12H2,1H3,(H,19,20). The minimum atomic E-state index is 0.0541. The second-order valence-electron chi connectivity index (χ2n) is 5.75. The van der Waals surface area contributed by atoms with E-state index in [9.17, 15) is 4.79 Å². The number of para-hydroxylation sites is 1. The van der Waals surface area contributed by atoms with Gasteiger partial charge in [0, 0.05) is 18.0 Å². The van der Waals surface area contributed by atoms with Crippen LogP contribution < -0.4 is 10.1 Å². The third kappa shape index (κ3) is 4.63. The summed E-state index contributed by atoms with van der Waals surface area (Å²) in [5.41, 5.74) is 0.926. The molecule has 0 bridgehead atoms. The smallest absolute Gasteiger partial charge is 0.224 e. The van der Waals surface area contributed by atoms with E-state index in [1.807, 2.05) is 24.3 Å². The molecule has 1 N–H and O–H groups in total. The Hall–Kier alpha value is -1.22. The number of ether oxygens (including phenoxy) is 1. The van der Waals surface area contributed by atoms with E-state index in [1.165, 1.54) is 25.7 Å². The normalized spacial score (nSPS) is 21.8. The maximum absolute atomic E-state index is 12.1. The lowest BCUT2D eigenvalue weighted by molar-refractivity contribution is -0.120. The molecule has 116 valence electrons. The van der Waals surface area contributed by atoms with Crippen LogP contribution in [0.5, 0.6) is 5.75 Å². The molecule has 2 unspecified atom stereocenters. The topological polar surface area (TPSA) is 38.3 Å². The highest BCUT2D eigenvalue weighted by Crippen LogP contribution is 2.30. The molecule has 0 spiro atoms. The zero-order valence-corrected chi connectivity index (χ0v) is 13.4. The molecule has 3 nitrogen and oxygen atoms in total. The lowest BCUT2D eigenvalue weighted by Gasteiger charge is -2.30. The molecule has 2 atom stereocenters. The van der Waals surface area contributed by atoms with Crippen LogP contribution in [0.15, 0.2) is 24.3 Å². The molecule has 1 fully saturated rings. The maximum atomic E-state index is 12.1. The van der Waals surface area contributed by atoms with Gasteiger partial charge in [-0.1, -0.05) is 31.0 Å². The van der Waals surface area contributed by atoms with Crippen LogP contribution in [0.3, 0.4) is 0 Å². The van der Waals surface area contributed by atoms with Gasteiger partial charge < -0.3 is 10.1 Å². The van der Waals surface area contributed by atoms with Crippen LogP contribution >= 0.6 is 11.6 Å². The van der Waals surface area contributed by atoms with Gasteiger partial charge in [0.05, 0.1) is 13.5 Å². The number of benzene rings is 1. The first-order chi connectivity index (χ1) is 10.2. The van der Waals surface area contributed by atoms with Gasteiger partial charge in [-0.3, -0.25) is 4.79 Å². The number of hydrogen-bond acceptors (Lipinski definition) is 2. The summed E-state index contributed by atoms with van der Waals surface area (Å²) in [7, 11) is 1.63. The SMILES string of the molecule is COc1ccccc1CC(=O)NCC1CCCCC1CCl. The quantitative estimate of drug-likeness (QED) is 0.818. The Morgan fingerprint density at radius 3 is 2.71 bits per heavy atom. The first kappa shape index (κ1) is 16.2. The molecule has 0 heterocycles. The van der Waals surface area contributed by atoms with Gasteiger partial charge in [0.15, 0.2) is 0 Å². The zero-order chi connectivity index (χ0) is 15.1. The Kier molecular flexibility index (Phi) is 6.37. The van der Waals surface area contributed by atoms with Crippen molar-refractivity contribution in [3.63, 3.8) is 0 Å². The lowest BCUT2D eigenvalue weighted by Crippen LogP contribution is -2.35. The number of hydrogen-bond donors (Lipinski definition) is 1. The molecule has 1 aromatic rings. The molecule has 2 rings (SSSR count). The van der Waals surface area contributed by atoms with Crippen molar-refractivity contribution >= 4 is 17.5 Å². The summed E-state index contributed by atoms with van der Waals surface area (Å²) in [4.78, 5) is 12.1. The van der Waals surface area contributed by atoms with Gasteiger partial charge in [-0.15, -0.1) is 11.6 Å². The van der Waals surface area contributed by atoms with Crippen LogP contribution in [0, 0.1) is 11.8 Å². The van der Waals surface area contributed by atoms with Gasteiger partial charge in [-0.05, 0) is 30.7 Å². The second-order valence-corrected chi connectivity index (χ2v) is 6.06. The minimum Gasteiger partial charge on any atom is -0.496 e. The summed E-state index contributed by atoms with van der Waals surface area (Å²) in [6, 6.07) is 7.65. The summed E-state index contributed by atoms with van der Waals surface area (Å²) >= 11 is 6.03. The predicted molar refractivity (Wildman–Crippen MR) is 85.9 cm³/mol. The van der Waals surface area contributed by atoms with Crippen LogP contribution in [-0.2, 0) is 11.2 Å². The third-order valence-electron chi connectivity index (χ3n) is 4.37. The maximum Gasteiger partial charge on any atom is 0.224 e. The fourth-order valence-electron chi connectivity index (χ4n) is 3.09. The van der Waals surface area contributed by atoms with Crippen molar-refractivity contribution in [3.8, 4) is 5.75 Å². The summed E-state index contributed by atoms with van der Waals surface area (Å²) in [6.07, 6.45) is 5.24.